The lowest BCUT2D eigenvalue weighted by Gasteiger charge is -2.10. The molecule has 0 aliphatic heterocycles. The number of carbonyl (C=O) groups is 1. The molecule has 0 aromatic carbocycles. The molecule has 2 N–H and O–H groups in total. The molecule has 0 radical (unpaired) electrons. The van der Waals surface area contributed by atoms with Crippen molar-refractivity contribution in [3.05, 3.63) is 35.5 Å². The molecule has 1 amide bonds. The Morgan fingerprint density at radius 1 is 1.33 bits per heavy atom. The molecular formula is C20H24N6O4. The van der Waals surface area contributed by atoms with Crippen LogP contribution < -0.4 is 14.8 Å². The Labute approximate surface area is 173 Å². The van der Waals surface area contributed by atoms with E-state index in [2.05, 4.69) is 25.3 Å². The molecule has 3 aromatic heterocycles. The SMILES string of the molecule is CCOc1ncnc(Cn2cc(C(=O)NCC3(O)CC3)c3ncc(OC)nc32)c1C. The number of rotatable bonds is 8. The van der Waals surface area contributed by atoms with Gasteiger partial charge in [0.1, 0.15) is 11.8 Å². The van der Waals surface area contributed by atoms with Crippen molar-refractivity contribution in [2.45, 2.75) is 38.8 Å². The molecule has 0 atom stereocenters. The molecule has 1 fully saturated rings. The molecule has 30 heavy (non-hydrogen) atoms. The topological polar surface area (TPSA) is 124 Å². The zero-order valence-corrected chi connectivity index (χ0v) is 17.2. The van der Waals surface area contributed by atoms with Gasteiger partial charge < -0.3 is 24.5 Å². The second kappa shape index (κ2) is 7.86. The summed E-state index contributed by atoms with van der Waals surface area (Å²) in [6.45, 7) is 4.85. The predicted octanol–water partition coefficient (Wildman–Crippen LogP) is 1.24. The number of hydrogen-bond acceptors (Lipinski definition) is 8. The van der Waals surface area contributed by atoms with Gasteiger partial charge in [-0.05, 0) is 26.7 Å². The zero-order valence-electron chi connectivity index (χ0n) is 17.2. The molecule has 1 aliphatic rings. The van der Waals surface area contributed by atoms with Gasteiger partial charge >= 0.3 is 0 Å². The molecule has 0 spiro atoms. The molecule has 1 aliphatic carbocycles. The fourth-order valence-corrected chi connectivity index (χ4v) is 3.15. The van der Waals surface area contributed by atoms with Crippen LogP contribution in [0.1, 0.15) is 41.4 Å². The minimum atomic E-state index is -0.781. The third-order valence-electron chi connectivity index (χ3n) is 5.15. The second-order valence-corrected chi connectivity index (χ2v) is 7.35. The first-order chi connectivity index (χ1) is 14.4. The number of carbonyl (C=O) groups excluding carboxylic acids is 1. The third-order valence-corrected chi connectivity index (χ3v) is 5.15. The number of nitrogens with one attached hydrogen (secondary N) is 1. The van der Waals surface area contributed by atoms with Gasteiger partial charge in [-0.3, -0.25) is 4.79 Å². The molecule has 3 heterocycles. The lowest BCUT2D eigenvalue weighted by Crippen LogP contribution is -2.33. The first kappa shape index (κ1) is 20.0. The van der Waals surface area contributed by atoms with Crippen LogP contribution in [-0.2, 0) is 6.54 Å². The molecule has 0 saturated heterocycles. The highest BCUT2D eigenvalue weighted by Crippen LogP contribution is 2.34. The summed E-state index contributed by atoms with van der Waals surface area (Å²) in [5, 5.41) is 12.8. The molecule has 0 bridgehead atoms. The van der Waals surface area contributed by atoms with Crippen molar-refractivity contribution in [1.29, 1.82) is 0 Å². The fourth-order valence-electron chi connectivity index (χ4n) is 3.15. The van der Waals surface area contributed by atoms with Gasteiger partial charge in [0.25, 0.3) is 5.91 Å². The maximum Gasteiger partial charge on any atom is 0.255 e. The largest absolute Gasteiger partial charge is 0.480 e. The first-order valence-electron chi connectivity index (χ1n) is 9.78. The minimum Gasteiger partial charge on any atom is -0.480 e. The van der Waals surface area contributed by atoms with Gasteiger partial charge in [-0.15, -0.1) is 0 Å². The number of aliphatic hydroxyl groups is 1. The average Bonchev–Trinajstić information content (AvgIpc) is 3.38. The summed E-state index contributed by atoms with van der Waals surface area (Å²) in [4.78, 5) is 30.2. The third kappa shape index (κ3) is 3.90. The van der Waals surface area contributed by atoms with Crippen LogP contribution in [0, 0.1) is 6.92 Å². The summed E-state index contributed by atoms with van der Waals surface area (Å²) in [5.41, 5.74) is 2.11. The van der Waals surface area contributed by atoms with Crippen LogP contribution in [0.25, 0.3) is 11.2 Å². The summed E-state index contributed by atoms with van der Waals surface area (Å²) >= 11 is 0. The molecule has 10 nitrogen and oxygen atoms in total. The number of nitrogens with zero attached hydrogens (tertiary/aromatic N) is 5. The van der Waals surface area contributed by atoms with Gasteiger partial charge in [-0.1, -0.05) is 0 Å². The van der Waals surface area contributed by atoms with Crippen molar-refractivity contribution in [3.8, 4) is 11.8 Å². The van der Waals surface area contributed by atoms with Crippen molar-refractivity contribution in [1.82, 2.24) is 29.8 Å². The van der Waals surface area contributed by atoms with E-state index in [0.29, 0.717) is 54.5 Å². The van der Waals surface area contributed by atoms with E-state index >= 15 is 0 Å². The molecule has 4 rings (SSSR count). The smallest absolute Gasteiger partial charge is 0.255 e. The van der Waals surface area contributed by atoms with Crippen LogP contribution >= 0.6 is 0 Å². The minimum absolute atomic E-state index is 0.213. The number of hydrogen-bond donors (Lipinski definition) is 2. The van der Waals surface area contributed by atoms with Crippen molar-refractivity contribution in [2.24, 2.45) is 0 Å². The van der Waals surface area contributed by atoms with E-state index in [0.717, 1.165) is 11.3 Å². The maximum absolute atomic E-state index is 12.8. The Balaban J connectivity index is 1.70. The van der Waals surface area contributed by atoms with Crippen LogP contribution in [0.5, 0.6) is 11.8 Å². The standard InChI is InChI=1S/C20H24N6O4/c1-4-30-19-12(2)14(23-11-24-19)9-26-8-13(18(27)22-10-20(28)5-6-20)16-17(26)25-15(29-3)7-21-16/h7-8,11,28H,4-6,9-10H2,1-3H3,(H,22,27). The first-order valence-corrected chi connectivity index (χ1v) is 9.78. The second-order valence-electron chi connectivity index (χ2n) is 7.35. The van der Waals surface area contributed by atoms with Gasteiger partial charge in [0.05, 0.1) is 43.3 Å². The Morgan fingerprint density at radius 3 is 2.83 bits per heavy atom. The highest BCUT2D eigenvalue weighted by molar-refractivity contribution is 6.04. The van der Waals surface area contributed by atoms with Crippen LogP contribution in [0.2, 0.25) is 0 Å². The van der Waals surface area contributed by atoms with E-state index in [1.165, 1.54) is 19.6 Å². The fraction of sp³-hybridized carbons (Fsp3) is 0.450. The molecule has 1 saturated carbocycles. The molecular weight excluding hydrogens is 388 g/mol. The summed E-state index contributed by atoms with van der Waals surface area (Å²) in [6, 6.07) is 0. The summed E-state index contributed by atoms with van der Waals surface area (Å²) in [6.07, 6.45) is 6.01. The zero-order chi connectivity index (χ0) is 21.3. The van der Waals surface area contributed by atoms with E-state index in [1.807, 2.05) is 13.8 Å². The lowest BCUT2D eigenvalue weighted by atomic mass is 10.2. The van der Waals surface area contributed by atoms with Crippen LogP contribution in [0.3, 0.4) is 0 Å². The van der Waals surface area contributed by atoms with Gasteiger partial charge in [-0.25, -0.2) is 15.0 Å². The Hall–Kier alpha value is -3.27. The summed E-state index contributed by atoms with van der Waals surface area (Å²) in [5.74, 6) is 0.557. The number of fused-ring (bicyclic) bond motifs is 1. The van der Waals surface area contributed by atoms with Gasteiger partial charge in [0.2, 0.25) is 11.8 Å². The summed E-state index contributed by atoms with van der Waals surface area (Å²) in [7, 11) is 1.51. The van der Waals surface area contributed by atoms with E-state index in [9.17, 15) is 9.90 Å². The Morgan fingerprint density at radius 2 is 2.13 bits per heavy atom. The van der Waals surface area contributed by atoms with Crippen molar-refractivity contribution in [2.75, 3.05) is 20.3 Å². The van der Waals surface area contributed by atoms with Gasteiger partial charge in [0.15, 0.2) is 5.65 Å². The molecule has 3 aromatic rings. The van der Waals surface area contributed by atoms with Crippen LogP contribution in [0.4, 0.5) is 0 Å². The molecule has 10 heteroatoms. The Bertz CT molecular complexity index is 1090. The van der Waals surface area contributed by atoms with Crippen molar-refractivity contribution >= 4 is 17.1 Å². The van der Waals surface area contributed by atoms with E-state index < -0.39 is 5.60 Å². The van der Waals surface area contributed by atoms with E-state index in [4.69, 9.17) is 9.47 Å². The number of methoxy groups -OCH3 is 1. The average molecular weight is 412 g/mol. The monoisotopic (exact) mass is 412 g/mol. The number of ether oxygens (including phenoxy) is 2. The lowest BCUT2D eigenvalue weighted by molar-refractivity contribution is 0.0897. The highest BCUT2D eigenvalue weighted by Gasteiger charge is 2.40. The molecule has 158 valence electrons. The number of aromatic nitrogens is 5. The molecule has 0 unspecified atom stereocenters. The summed E-state index contributed by atoms with van der Waals surface area (Å²) < 4.78 is 12.6. The van der Waals surface area contributed by atoms with E-state index in [-0.39, 0.29) is 12.5 Å². The van der Waals surface area contributed by atoms with Crippen molar-refractivity contribution in [3.63, 3.8) is 0 Å². The maximum atomic E-state index is 12.8. The normalized spacial score (nSPS) is 14.5. The Kier molecular flexibility index (Phi) is 5.25. The van der Waals surface area contributed by atoms with Gasteiger partial charge in [-0.2, -0.15) is 4.98 Å². The number of amides is 1. The quantitative estimate of drug-likeness (QED) is 0.566. The van der Waals surface area contributed by atoms with E-state index in [1.54, 1.807) is 10.8 Å². The van der Waals surface area contributed by atoms with Gasteiger partial charge in [0, 0.05) is 18.3 Å². The van der Waals surface area contributed by atoms with Crippen LogP contribution in [-0.4, -0.2) is 61.4 Å². The highest BCUT2D eigenvalue weighted by atomic mass is 16.5. The van der Waals surface area contributed by atoms with Crippen LogP contribution in [0.15, 0.2) is 18.7 Å². The predicted molar refractivity (Wildman–Crippen MR) is 108 cm³/mol. The van der Waals surface area contributed by atoms with Crippen molar-refractivity contribution < 1.29 is 19.4 Å².